The van der Waals surface area contributed by atoms with E-state index < -0.39 is 10.0 Å². The molecule has 0 bridgehead atoms. The van der Waals surface area contributed by atoms with Gasteiger partial charge < -0.3 is 5.32 Å². The molecule has 152 valence electrons. The van der Waals surface area contributed by atoms with Gasteiger partial charge in [0.25, 0.3) is 5.91 Å². The molecule has 1 aliphatic rings. The Bertz CT molecular complexity index is 951. The fourth-order valence-electron chi connectivity index (χ4n) is 2.99. The Morgan fingerprint density at radius 3 is 2.64 bits per heavy atom. The molecule has 0 unspecified atom stereocenters. The molecule has 1 aliphatic heterocycles. The van der Waals surface area contributed by atoms with Gasteiger partial charge in [-0.15, -0.1) is 11.3 Å². The van der Waals surface area contributed by atoms with Crippen LogP contribution in [-0.4, -0.2) is 49.8 Å². The van der Waals surface area contributed by atoms with Gasteiger partial charge in [0, 0.05) is 41.6 Å². The van der Waals surface area contributed by atoms with Crippen molar-refractivity contribution >= 4 is 50.6 Å². The molecule has 0 atom stereocenters. The zero-order valence-electron chi connectivity index (χ0n) is 15.8. The van der Waals surface area contributed by atoms with Crippen molar-refractivity contribution < 1.29 is 13.2 Å². The van der Waals surface area contributed by atoms with E-state index in [2.05, 4.69) is 5.32 Å². The molecule has 2 aromatic rings. The van der Waals surface area contributed by atoms with Gasteiger partial charge in [-0.1, -0.05) is 37.6 Å². The van der Waals surface area contributed by atoms with Crippen LogP contribution < -0.4 is 5.32 Å². The van der Waals surface area contributed by atoms with E-state index in [1.54, 1.807) is 17.1 Å². The van der Waals surface area contributed by atoms with E-state index in [1.807, 2.05) is 38.1 Å². The summed E-state index contributed by atoms with van der Waals surface area (Å²) < 4.78 is 27.4. The molecule has 1 aromatic heterocycles. The fourth-order valence-corrected chi connectivity index (χ4v) is 7.07. The van der Waals surface area contributed by atoms with Gasteiger partial charge >= 0.3 is 0 Å². The second-order valence-corrected chi connectivity index (χ2v) is 11.7. The van der Waals surface area contributed by atoms with Crippen LogP contribution in [0.3, 0.4) is 0 Å². The number of carbonyl (C=O) groups excluding carboxylic acids is 1. The molecule has 2 heterocycles. The van der Waals surface area contributed by atoms with Gasteiger partial charge in [0.2, 0.25) is 10.0 Å². The van der Waals surface area contributed by atoms with Crippen molar-refractivity contribution in [2.75, 3.05) is 31.1 Å². The Balaban J connectivity index is 1.75. The number of carbonyl (C=O) groups is 1. The van der Waals surface area contributed by atoms with E-state index in [9.17, 15) is 13.2 Å². The van der Waals surface area contributed by atoms with E-state index in [1.165, 1.54) is 10.4 Å². The van der Waals surface area contributed by atoms with Crippen LogP contribution in [0.25, 0.3) is 0 Å². The van der Waals surface area contributed by atoms with Crippen LogP contribution in [0.15, 0.2) is 40.6 Å². The van der Waals surface area contributed by atoms with Gasteiger partial charge in [-0.2, -0.15) is 16.1 Å². The molecule has 0 spiro atoms. The highest BCUT2D eigenvalue weighted by Gasteiger charge is 2.31. The van der Waals surface area contributed by atoms with E-state index in [4.69, 9.17) is 11.6 Å². The molecule has 28 heavy (non-hydrogen) atoms. The number of rotatable bonds is 6. The first kappa shape index (κ1) is 21.6. The number of hydrogen-bond donors (Lipinski definition) is 1. The standard InChI is InChI=1S/C19H23ClN2O3S3/c1-19(2,14-4-3-5-15(20)12-14)13-21-18(23)17-16(6-9-27-17)28(24,25)22-7-10-26-11-8-22/h3-6,9,12H,7-8,10-11,13H2,1-2H3,(H,21,23). The minimum atomic E-state index is -3.65. The number of nitrogens with one attached hydrogen (secondary N) is 1. The Kier molecular flexibility index (Phi) is 6.76. The Morgan fingerprint density at radius 2 is 1.96 bits per heavy atom. The van der Waals surface area contributed by atoms with Crippen molar-refractivity contribution in [3.8, 4) is 0 Å². The third-order valence-electron chi connectivity index (χ3n) is 4.72. The zero-order valence-corrected chi connectivity index (χ0v) is 19.0. The molecule has 1 N–H and O–H groups in total. The number of hydrogen-bond acceptors (Lipinski definition) is 5. The van der Waals surface area contributed by atoms with Gasteiger partial charge in [0.1, 0.15) is 9.77 Å². The van der Waals surface area contributed by atoms with Crippen molar-refractivity contribution in [1.29, 1.82) is 0 Å². The first-order chi connectivity index (χ1) is 13.2. The van der Waals surface area contributed by atoms with Gasteiger partial charge in [-0.25, -0.2) is 8.42 Å². The van der Waals surface area contributed by atoms with Crippen molar-refractivity contribution in [3.63, 3.8) is 0 Å². The molecule has 1 fully saturated rings. The molecule has 9 heteroatoms. The Labute approximate surface area is 179 Å². The maximum absolute atomic E-state index is 13.0. The fraction of sp³-hybridized carbons (Fsp3) is 0.421. The van der Waals surface area contributed by atoms with Gasteiger partial charge in [-0.05, 0) is 29.1 Å². The summed E-state index contributed by atoms with van der Waals surface area (Å²) in [4.78, 5) is 13.1. The number of benzene rings is 1. The minimum absolute atomic E-state index is 0.0995. The lowest BCUT2D eigenvalue weighted by Gasteiger charge is -2.27. The first-order valence-corrected chi connectivity index (χ1v) is 12.8. The summed E-state index contributed by atoms with van der Waals surface area (Å²) in [6, 6.07) is 9.05. The molecule has 1 saturated heterocycles. The van der Waals surface area contributed by atoms with Crippen molar-refractivity contribution in [2.45, 2.75) is 24.2 Å². The summed E-state index contributed by atoms with van der Waals surface area (Å²) in [5, 5.41) is 5.20. The summed E-state index contributed by atoms with van der Waals surface area (Å²) in [5.41, 5.74) is 0.658. The first-order valence-electron chi connectivity index (χ1n) is 8.91. The maximum Gasteiger partial charge on any atom is 0.262 e. The van der Waals surface area contributed by atoms with Crippen LogP contribution in [-0.2, 0) is 15.4 Å². The van der Waals surface area contributed by atoms with Crippen molar-refractivity contribution in [2.24, 2.45) is 0 Å². The minimum Gasteiger partial charge on any atom is -0.350 e. The predicted molar refractivity (Wildman–Crippen MR) is 117 cm³/mol. The quantitative estimate of drug-likeness (QED) is 0.714. The molecule has 1 aromatic carbocycles. The van der Waals surface area contributed by atoms with Crippen molar-refractivity contribution in [1.82, 2.24) is 9.62 Å². The van der Waals surface area contributed by atoms with Crippen LogP contribution in [0.4, 0.5) is 0 Å². The van der Waals surface area contributed by atoms with Gasteiger partial charge in [0.05, 0.1) is 0 Å². The summed E-state index contributed by atoms with van der Waals surface area (Å²) in [6.07, 6.45) is 0. The third kappa shape index (κ3) is 4.74. The largest absolute Gasteiger partial charge is 0.350 e. The van der Waals surface area contributed by atoms with Crippen molar-refractivity contribution in [3.05, 3.63) is 51.2 Å². The van der Waals surface area contributed by atoms with E-state index in [0.29, 0.717) is 24.7 Å². The molecule has 5 nitrogen and oxygen atoms in total. The highest BCUT2D eigenvalue weighted by atomic mass is 35.5. The molecular weight excluding hydrogens is 436 g/mol. The average molecular weight is 459 g/mol. The van der Waals surface area contributed by atoms with Crippen LogP contribution >= 0.6 is 34.7 Å². The topological polar surface area (TPSA) is 66.5 Å². The Morgan fingerprint density at radius 1 is 1.25 bits per heavy atom. The lowest BCUT2D eigenvalue weighted by atomic mass is 9.84. The van der Waals surface area contributed by atoms with Crippen LogP contribution in [0.1, 0.15) is 29.1 Å². The highest BCUT2D eigenvalue weighted by molar-refractivity contribution is 7.99. The summed E-state index contributed by atoms with van der Waals surface area (Å²) in [7, 11) is -3.65. The average Bonchev–Trinajstić information content (AvgIpc) is 3.18. The monoisotopic (exact) mass is 458 g/mol. The number of sulfonamides is 1. The SMILES string of the molecule is CC(C)(CNC(=O)c1sccc1S(=O)(=O)N1CCSCC1)c1cccc(Cl)c1. The smallest absolute Gasteiger partial charge is 0.262 e. The van der Waals surface area contributed by atoms with E-state index in [0.717, 1.165) is 28.4 Å². The van der Waals surface area contributed by atoms with Gasteiger partial charge in [0.15, 0.2) is 0 Å². The number of thiophene rings is 1. The molecule has 0 saturated carbocycles. The Hall–Kier alpha value is -1.06. The number of thioether (sulfide) groups is 1. The second-order valence-electron chi connectivity index (χ2n) is 7.21. The maximum atomic E-state index is 13.0. The van der Waals surface area contributed by atoms with Crippen LogP contribution in [0.2, 0.25) is 5.02 Å². The molecule has 3 rings (SSSR count). The highest BCUT2D eigenvalue weighted by Crippen LogP contribution is 2.28. The van der Waals surface area contributed by atoms with Crippen LogP contribution in [0.5, 0.6) is 0 Å². The summed E-state index contributed by atoms with van der Waals surface area (Å²) in [6.45, 7) is 5.34. The lowest BCUT2D eigenvalue weighted by Crippen LogP contribution is -2.39. The zero-order chi connectivity index (χ0) is 20.4. The van der Waals surface area contributed by atoms with Gasteiger partial charge in [-0.3, -0.25) is 4.79 Å². The summed E-state index contributed by atoms with van der Waals surface area (Å²) in [5.74, 6) is 1.19. The molecule has 1 amide bonds. The third-order valence-corrected chi connectivity index (χ3v) is 8.88. The van der Waals surface area contributed by atoms with E-state index in [-0.39, 0.29) is 21.1 Å². The van der Waals surface area contributed by atoms with E-state index >= 15 is 0 Å². The second kappa shape index (κ2) is 8.75. The molecule has 0 radical (unpaired) electrons. The molecule has 0 aliphatic carbocycles. The number of nitrogens with zero attached hydrogens (tertiary/aromatic N) is 1. The summed E-state index contributed by atoms with van der Waals surface area (Å²) >= 11 is 8.97. The predicted octanol–water partition coefficient (Wildman–Crippen LogP) is 3.85. The number of halogens is 1. The molecular formula is C19H23ClN2O3S3. The number of amides is 1. The van der Waals surface area contributed by atoms with Crippen LogP contribution in [0, 0.1) is 0 Å². The normalized spacial score (nSPS) is 16.1. The lowest BCUT2D eigenvalue weighted by molar-refractivity contribution is 0.0946.